The second-order valence-electron chi connectivity index (χ2n) is 6.06. The molecule has 0 aromatic carbocycles. The highest BCUT2D eigenvalue weighted by atomic mass is 79.9. The summed E-state index contributed by atoms with van der Waals surface area (Å²) in [6.07, 6.45) is 3.30. The van der Waals surface area contributed by atoms with Gasteiger partial charge in [0.15, 0.2) is 0 Å². The van der Waals surface area contributed by atoms with E-state index in [4.69, 9.17) is 4.52 Å². The van der Waals surface area contributed by atoms with E-state index in [0.29, 0.717) is 25.3 Å². The van der Waals surface area contributed by atoms with Crippen molar-refractivity contribution in [2.45, 2.75) is 38.8 Å². The number of aromatic nitrogens is 2. The van der Waals surface area contributed by atoms with Crippen LogP contribution in [0.25, 0.3) is 0 Å². The molecule has 3 heterocycles. The standard InChI is InChI=1S/C17H19BrN4O3/c1-11-7-13(25-21-11)9-16(23)22-6-2-3-14(22)17(24)20-10-12-4-5-19-15(18)8-12/h4-5,7-8,14H,2-3,6,9-10H2,1H3,(H,20,24)/t14-/m0/s1. The molecule has 1 saturated heterocycles. The Balaban J connectivity index is 1.58. The number of pyridine rings is 1. The zero-order chi connectivity index (χ0) is 17.8. The predicted molar refractivity (Wildman–Crippen MR) is 93.5 cm³/mol. The van der Waals surface area contributed by atoms with E-state index in [1.165, 1.54) is 0 Å². The maximum Gasteiger partial charge on any atom is 0.243 e. The molecule has 8 heteroatoms. The van der Waals surface area contributed by atoms with E-state index < -0.39 is 6.04 Å². The Morgan fingerprint density at radius 3 is 3.00 bits per heavy atom. The number of halogens is 1. The summed E-state index contributed by atoms with van der Waals surface area (Å²) in [6.45, 7) is 2.80. The predicted octanol–water partition coefficient (Wildman–Crippen LogP) is 1.99. The van der Waals surface area contributed by atoms with Crippen LogP contribution in [0.15, 0.2) is 33.5 Å². The van der Waals surface area contributed by atoms with E-state index in [2.05, 4.69) is 31.4 Å². The van der Waals surface area contributed by atoms with E-state index in [9.17, 15) is 9.59 Å². The molecule has 2 aromatic rings. The number of amides is 2. The number of aryl methyl sites for hydroxylation is 1. The van der Waals surface area contributed by atoms with E-state index in [1.54, 1.807) is 24.1 Å². The van der Waals surface area contributed by atoms with E-state index in [-0.39, 0.29) is 18.2 Å². The maximum absolute atomic E-state index is 12.5. The number of carbonyl (C=O) groups is 2. The van der Waals surface area contributed by atoms with Crippen LogP contribution in [-0.4, -0.2) is 39.4 Å². The third kappa shape index (κ3) is 4.45. The van der Waals surface area contributed by atoms with Crippen LogP contribution >= 0.6 is 15.9 Å². The van der Waals surface area contributed by atoms with Crippen LogP contribution in [0.5, 0.6) is 0 Å². The number of carbonyl (C=O) groups excluding carboxylic acids is 2. The lowest BCUT2D eigenvalue weighted by molar-refractivity contribution is -0.138. The molecule has 0 unspecified atom stereocenters. The van der Waals surface area contributed by atoms with Crippen molar-refractivity contribution in [3.05, 3.63) is 46.0 Å². The largest absolute Gasteiger partial charge is 0.361 e. The van der Waals surface area contributed by atoms with E-state index >= 15 is 0 Å². The first-order valence-electron chi connectivity index (χ1n) is 8.13. The van der Waals surface area contributed by atoms with Crippen molar-refractivity contribution in [3.8, 4) is 0 Å². The summed E-state index contributed by atoms with van der Waals surface area (Å²) >= 11 is 3.31. The van der Waals surface area contributed by atoms with Crippen molar-refractivity contribution >= 4 is 27.7 Å². The van der Waals surface area contributed by atoms with Crippen LogP contribution < -0.4 is 5.32 Å². The summed E-state index contributed by atoms with van der Waals surface area (Å²) in [5.41, 5.74) is 1.69. The quantitative estimate of drug-likeness (QED) is 0.766. The molecule has 1 N–H and O–H groups in total. The molecular formula is C17H19BrN4O3. The molecular weight excluding hydrogens is 388 g/mol. The minimum atomic E-state index is -0.429. The maximum atomic E-state index is 12.5. The molecule has 2 amide bonds. The minimum absolute atomic E-state index is 0.111. The summed E-state index contributed by atoms with van der Waals surface area (Å²) in [7, 11) is 0. The second kappa shape index (κ2) is 7.77. The SMILES string of the molecule is Cc1cc(CC(=O)N2CCC[C@H]2C(=O)NCc2ccnc(Br)c2)on1. The Bertz CT molecular complexity index is 777. The van der Waals surface area contributed by atoms with Gasteiger partial charge < -0.3 is 14.7 Å². The average Bonchev–Trinajstić information content (AvgIpc) is 3.22. The van der Waals surface area contributed by atoms with Crippen LogP contribution in [0.2, 0.25) is 0 Å². The Morgan fingerprint density at radius 2 is 2.28 bits per heavy atom. The first-order valence-corrected chi connectivity index (χ1v) is 8.92. The molecule has 1 atom stereocenters. The molecule has 1 fully saturated rings. The number of hydrogen-bond donors (Lipinski definition) is 1. The summed E-state index contributed by atoms with van der Waals surface area (Å²) < 4.78 is 5.82. The fourth-order valence-electron chi connectivity index (χ4n) is 2.95. The first-order chi connectivity index (χ1) is 12.0. The van der Waals surface area contributed by atoms with Gasteiger partial charge in [0, 0.05) is 25.4 Å². The number of nitrogens with zero attached hydrogens (tertiary/aromatic N) is 3. The lowest BCUT2D eigenvalue weighted by atomic mass is 10.2. The number of nitrogens with one attached hydrogen (secondary N) is 1. The topological polar surface area (TPSA) is 88.3 Å². The first kappa shape index (κ1) is 17.6. The lowest BCUT2D eigenvalue weighted by Crippen LogP contribution is -2.46. The molecule has 0 saturated carbocycles. The van der Waals surface area contributed by atoms with Crippen molar-refractivity contribution in [2.24, 2.45) is 0 Å². The number of likely N-dealkylation sites (tertiary alicyclic amines) is 1. The van der Waals surface area contributed by atoms with E-state index in [0.717, 1.165) is 22.3 Å². The molecule has 0 spiro atoms. The molecule has 25 heavy (non-hydrogen) atoms. The highest BCUT2D eigenvalue weighted by molar-refractivity contribution is 9.10. The Morgan fingerprint density at radius 1 is 1.44 bits per heavy atom. The van der Waals surface area contributed by atoms with Gasteiger partial charge in [0.05, 0.1) is 12.1 Å². The fraction of sp³-hybridized carbons (Fsp3) is 0.412. The van der Waals surface area contributed by atoms with Gasteiger partial charge in [0.1, 0.15) is 16.4 Å². The summed E-state index contributed by atoms with van der Waals surface area (Å²) in [6, 6.07) is 5.00. The average molecular weight is 407 g/mol. The van der Waals surface area contributed by atoms with Gasteiger partial charge in [-0.15, -0.1) is 0 Å². The Kier molecular flexibility index (Phi) is 5.47. The molecule has 2 aromatic heterocycles. The van der Waals surface area contributed by atoms with Gasteiger partial charge in [-0.3, -0.25) is 9.59 Å². The van der Waals surface area contributed by atoms with Crippen molar-refractivity contribution < 1.29 is 14.1 Å². The van der Waals surface area contributed by atoms with Crippen LogP contribution in [0.4, 0.5) is 0 Å². The molecule has 1 aliphatic heterocycles. The highest BCUT2D eigenvalue weighted by Crippen LogP contribution is 2.19. The van der Waals surface area contributed by atoms with E-state index in [1.807, 2.05) is 12.1 Å². The summed E-state index contributed by atoms with van der Waals surface area (Å²) in [4.78, 5) is 30.7. The Labute approximate surface area is 153 Å². The molecule has 7 nitrogen and oxygen atoms in total. The van der Waals surface area contributed by atoms with Crippen LogP contribution in [0.3, 0.4) is 0 Å². The normalized spacial score (nSPS) is 16.9. The van der Waals surface area contributed by atoms with Crippen molar-refractivity contribution in [1.29, 1.82) is 0 Å². The van der Waals surface area contributed by atoms with Gasteiger partial charge in [-0.25, -0.2) is 4.98 Å². The van der Waals surface area contributed by atoms with Gasteiger partial charge in [-0.1, -0.05) is 5.16 Å². The third-order valence-corrected chi connectivity index (χ3v) is 4.57. The van der Waals surface area contributed by atoms with Crippen molar-refractivity contribution in [2.75, 3.05) is 6.54 Å². The molecule has 132 valence electrons. The zero-order valence-electron chi connectivity index (χ0n) is 13.9. The molecule has 0 aliphatic carbocycles. The summed E-state index contributed by atoms with van der Waals surface area (Å²) in [5, 5.41) is 6.69. The van der Waals surface area contributed by atoms with Gasteiger partial charge in [0.25, 0.3) is 0 Å². The highest BCUT2D eigenvalue weighted by Gasteiger charge is 2.34. The lowest BCUT2D eigenvalue weighted by Gasteiger charge is -2.23. The van der Waals surface area contributed by atoms with Crippen molar-refractivity contribution in [3.63, 3.8) is 0 Å². The number of hydrogen-bond acceptors (Lipinski definition) is 5. The fourth-order valence-corrected chi connectivity index (χ4v) is 3.36. The third-order valence-electron chi connectivity index (χ3n) is 4.14. The minimum Gasteiger partial charge on any atom is -0.361 e. The monoisotopic (exact) mass is 406 g/mol. The van der Waals surface area contributed by atoms with Crippen LogP contribution in [-0.2, 0) is 22.6 Å². The smallest absolute Gasteiger partial charge is 0.243 e. The van der Waals surface area contributed by atoms with Gasteiger partial charge in [-0.05, 0) is 53.4 Å². The number of rotatable bonds is 5. The molecule has 3 rings (SSSR count). The van der Waals surface area contributed by atoms with Crippen LogP contribution in [0, 0.1) is 6.92 Å². The molecule has 0 bridgehead atoms. The Hall–Kier alpha value is -2.22. The molecule has 1 aliphatic rings. The summed E-state index contributed by atoms with van der Waals surface area (Å²) in [5.74, 6) is 0.281. The van der Waals surface area contributed by atoms with Gasteiger partial charge in [0.2, 0.25) is 11.8 Å². The molecule has 0 radical (unpaired) electrons. The van der Waals surface area contributed by atoms with Crippen LogP contribution in [0.1, 0.15) is 29.9 Å². The van der Waals surface area contributed by atoms with Gasteiger partial charge >= 0.3 is 0 Å². The second-order valence-corrected chi connectivity index (χ2v) is 6.87. The van der Waals surface area contributed by atoms with Gasteiger partial charge in [-0.2, -0.15) is 0 Å². The zero-order valence-corrected chi connectivity index (χ0v) is 15.5. The van der Waals surface area contributed by atoms with Crippen molar-refractivity contribution in [1.82, 2.24) is 20.4 Å².